The van der Waals surface area contributed by atoms with E-state index in [1.54, 1.807) is 6.92 Å². The van der Waals surface area contributed by atoms with E-state index in [4.69, 9.17) is 4.74 Å². The average molecular weight is 289 g/mol. The number of thiazole rings is 1. The molecule has 1 aromatic heterocycles. The van der Waals surface area contributed by atoms with E-state index in [9.17, 15) is 13.6 Å². The van der Waals surface area contributed by atoms with Crippen molar-refractivity contribution in [3.8, 4) is 0 Å². The summed E-state index contributed by atoms with van der Waals surface area (Å²) in [5, 5.41) is 2.69. The molecule has 0 unspecified atom stereocenters. The van der Waals surface area contributed by atoms with Crippen molar-refractivity contribution >= 4 is 17.3 Å². The monoisotopic (exact) mass is 289 g/mol. The zero-order chi connectivity index (χ0) is 13.9. The Hall–Kier alpha value is -1.04. The Morgan fingerprint density at radius 2 is 2.21 bits per heavy atom. The fourth-order valence-corrected chi connectivity index (χ4v) is 3.23. The van der Waals surface area contributed by atoms with Crippen molar-refractivity contribution in [3.63, 3.8) is 0 Å². The lowest BCUT2D eigenvalue weighted by Crippen LogP contribution is -2.23. The molecule has 0 spiro atoms. The standard InChI is InChI=1S/C13H17F2NO2S/c1-2-18-11(17)7-10-8-19-12(16-10)9-3-5-13(14,15)6-4-9/h8-9H,2-7H2,1H3. The lowest BCUT2D eigenvalue weighted by molar-refractivity contribution is -0.142. The minimum atomic E-state index is -2.51. The Morgan fingerprint density at radius 1 is 1.53 bits per heavy atom. The Bertz CT molecular complexity index is 438. The minimum absolute atomic E-state index is 0.0650. The van der Waals surface area contributed by atoms with Crippen molar-refractivity contribution in [1.82, 2.24) is 4.98 Å². The van der Waals surface area contributed by atoms with Crippen LogP contribution in [-0.2, 0) is 16.0 Å². The summed E-state index contributed by atoms with van der Waals surface area (Å²) >= 11 is 1.45. The first-order chi connectivity index (χ1) is 9.00. The number of ether oxygens (including phenoxy) is 1. The summed E-state index contributed by atoms with van der Waals surface area (Å²) in [4.78, 5) is 15.7. The number of aromatic nitrogens is 1. The number of carbonyl (C=O) groups excluding carboxylic acids is 1. The van der Waals surface area contributed by atoms with Crippen molar-refractivity contribution < 1.29 is 18.3 Å². The third-order valence-electron chi connectivity index (χ3n) is 3.27. The molecule has 1 saturated carbocycles. The Balaban J connectivity index is 1.92. The molecule has 1 aromatic rings. The van der Waals surface area contributed by atoms with Crippen LogP contribution in [0.25, 0.3) is 0 Å². The molecule has 0 aliphatic heterocycles. The van der Waals surface area contributed by atoms with Crippen LogP contribution in [0.3, 0.4) is 0 Å². The second-order valence-corrected chi connectivity index (χ2v) is 5.68. The maximum atomic E-state index is 13.1. The van der Waals surface area contributed by atoms with Gasteiger partial charge >= 0.3 is 5.97 Å². The second kappa shape index (κ2) is 5.94. The number of rotatable bonds is 4. The fourth-order valence-electron chi connectivity index (χ4n) is 2.24. The third-order valence-corrected chi connectivity index (χ3v) is 4.32. The van der Waals surface area contributed by atoms with Crippen molar-refractivity contribution in [2.75, 3.05) is 6.61 Å². The van der Waals surface area contributed by atoms with E-state index in [0.29, 0.717) is 25.1 Å². The maximum Gasteiger partial charge on any atom is 0.311 e. The highest BCUT2D eigenvalue weighted by Gasteiger charge is 2.36. The van der Waals surface area contributed by atoms with Crippen LogP contribution in [0.2, 0.25) is 0 Å². The molecule has 6 heteroatoms. The van der Waals surface area contributed by atoms with Crippen LogP contribution in [0, 0.1) is 0 Å². The van der Waals surface area contributed by atoms with Gasteiger partial charge in [-0.2, -0.15) is 0 Å². The van der Waals surface area contributed by atoms with Gasteiger partial charge in [0.2, 0.25) is 5.92 Å². The summed E-state index contributed by atoms with van der Waals surface area (Å²) in [6.45, 7) is 2.11. The molecule has 1 aliphatic rings. The average Bonchev–Trinajstić information content (AvgIpc) is 2.77. The van der Waals surface area contributed by atoms with Gasteiger partial charge in [-0.15, -0.1) is 11.3 Å². The van der Waals surface area contributed by atoms with Gasteiger partial charge in [-0.3, -0.25) is 4.79 Å². The molecule has 0 bridgehead atoms. The zero-order valence-corrected chi connectivity index (χ0v) is 11.6. The number of esters is 1. The molecule has 0 N–H and O–H groups in total. The molecule has 1 aliphatic carbocycles. The van der Waals surface area contributed by atoms with Crippen LogP contribution in [0.1, 0.15) is 49.2 Å². The van der Waals surface area contributed by atoms with E-state index in [1.807, 2.05) is 5.38 Å². The number of nitrogens with zero attached hydrogens (tertiary/aromatic N) is 1. The van der Waals surface area contributed by atoms with E-state index < -0.39 is 5.92 Å². The second-order valence-electron chi connectivity index (χ2n) is 4.79. The van der Waals surface area contributed by atoms with Gasteiger partial charge in [-0.25, -0.2) is 13.8 Å². The molecule has 106 valence electrons. The normalized spacial score (nSPS) is 19.3. The van der Waals surface area contributed by atoms with E-state index in [-0.39, 0.29) is 31.1 Å². The SMILES string of the molecule is CCOC(=O)Cc1csc(C2CCC(F)(F)CC2)n1. The molecule has 0 saturated heterocycles. The summed E-state index contributed by atoms with van der Waals surface area (Å²) < 4.78 is 31.0. The van der Waals surface area contributed by atoms with Gasteiger partial charge in [0, 0.05) is 24.1 Å². The number of alkyl halides is 2. The first kappa shape index (κ1) is 14.4. The molecule has 1 fully saturated rings. The number of carbonyl (C=O) groups is 1. The lowest BCUT2D eigenvalue weighted by Gasteiger charge is -2.26. The van der Waals surface area contributed by atoms with E-state index in [1.165, 1.54) is 11.3 Å². The summed E-state index contributed by atoms with van der Waals surface area (Å²) in [7, 11) is 0. The Kier molecular flexibility index (Phi) is 4.50. The molecule has 0 amide bonds. The molecule has 0 atom stereocenters. The van der Waals surface area contributed by atoms with Gasteiger partial charge in [0.15, 0.2) is 0 Å². The van der Waals surface area contributed by atoms with Gasteiger partial charge in [0.1, 0.15) is 0 Å². The van der Waals surface area contributed by atoms with Crippen molar-refractivity contribution in [1.29, 1.82) is 0 Å². The highest BCUT2D eigenvalue weighted by Crippen LogP contribution is 2.41. The Labute approximate surface area is 115 Å². The molecule has 0 aromatic carbocycles. The first-order valence-corrected chi connectivity index (χ1v) is 7.36. The topological polar surface area (TPSA) is 39.2 Å². The predicted octanol–water partition coefficient (Wildman–Crippen LogP) is 3.54. The lowest BCUT2D eigenvalue weighted by atomic mass is 9.87. The highest BCUT2D eigenvalue weighted by molar-refractivity contribution is 7.09. The molecular formula is C13H17F2NO2S. The first-order valence-electron chi connectivity index (χ1n) is 6.48. The van der Waals surface area contributed by atoms with E-state index in [2.05, 4.69) is 4.98 Å². The highest BCUT2D eigenvalue weighted by atomic mass is 32.1. The van der Waals surface area contributed by atoms with Gasteiger partial charge in [0.25, 0.3) is 0 Å². The van der Waals surface area contributed by atoms with Gasteiger partial charge in [-0.1, -0.05) is 0 Å². The minimum Gasteiger partial charge on any atom is -0.466 e. The van der Waals surface area contributed by atoms with E-state index >= 15 is 0 Å². The third kappa shape index (κ3) is 3.96. The van der Waals surface area contributed by atoms with Gasteiger partial charge < -0.3 is 4.74 Å². The summed E-state index contributed by atoms with van der Waals surface area (Å²) in [5.41, 5.74) is 0.677. The Morgan fingerprint density at radius 3 is 2.84 bits per heavy atom. The van der Waals surface area contributed by atoms with Crippen LogP contribution in [0.4, 0.5) is 8.78 Å². The van der Waals surface area contributed by atoms with Gasteiger partial charge in [0.05, 0.1) is 23.7 Å². The van der Waals surface area contributed by atoms with Crippen LogP contribution in [0.5, 0.6) is 0 Å². The summed E-state index contributed by atoms with van der Waals surface area (Å²) in [6.07, 6.45) is 0.973. The van der Waals surface area contributed by atoms with Crippen LogP contribution >= 0.6 is 11.3 Å². The number of hydrogen-bond donors (Lipinski definition) is 0. The molecule has 1 heterocycles. The molecule has 2 rings (SSSR count). The van der Waals surface area contributed by atoms with Crippen molar-refractivity contribution in [2.45, 2.75) is 50.9 Å². The molecule has 0 radical (unpaired) electrons. The quantitative estimate of drug-likeness (QED) is 0.796. The molecule has 3 nitrogen and oxygen atoms in total. The summed E-state index contributed by atoms with van der Waals surface area (Å²) in [5.74, 6) is -2.70. The molecule has 19 heavy (non-hydrogen) atoms. The number of halogens is 2. The van der Waals surface area contributed by atoms with Crippen molar-refractivity contribution in [3.05, 3.63) is 16.1 Å². The smallest absolute Gasteiger partial charge is 0.311 e. The largest absolute Gasteiger partial charge is 0.466 e. The molecular weight excluding hydrogens is 272 g/mol. The zero-order valence-electron chi connectivity index (χ0n) is 10.8. The maximum absolute atomic E-state index is 13.1. The van der Waals surface area contributed by atoms with Crippen LogP contribution in [-0.4, -0.2) is 23.5 Å². The fraction of sp³-hybridized carbons (Fsp3) is 0.692. The van der Waals surface area contributed by atoms with Crippen LogP contribution < -0.4 is 0 Å². The summed E-state index contributed by atoms with van der Waals surface area (Å²) in [6, 6.07) is 0. The van der Waals surface area contributed by atoms with Crippen molar-refractivity contribution in [2.24, 2.45) is 0 Å². The van der Waals surface area contributed by atoms with E-state index in [0.717, 1.165) is 5.01 Å². The number of hydrogen-bond acceptors (Lipinski definition) is 4. The van der Waals surface area contributed by atoms with Crippen LogP contribution in [0.15, 0.2) is 5.38 Å². The predicted molar refractivity (Wildman–Crippen MR) is 68.6 cm³/mol. The van der Waals surface area contributed by atoms with Gasteiger partial charge in [-0.05, 0) is 19.8 Å².